The molecule has 1 aliphatic carbocycles. The molecule has 1 aromatic rings. The third-order valence-corrected chi connectivity index (χ3v) is 4.74. The van der Waals surface area contributed by atoms with E-state index in [1.54, 1.807) is 0 Å². The largest absolute Gasteiger partial charge is 0.317 e. The van der Waals surface area contributed by atoms with E-state index in [0.29, 0.717) is 17.6 Å². The summed E-state index contributed by atoms with van der Waals surface area (Å²) in [6, 6.07) is 8.29. The molecule has 1 saturated carbocycles. The van der Waals surface area contributed by atoms with Gasteiger partial charge >= 0.3 is 0 Å². The lowest BCUT2D eigenvalue weighted by Crippen LogP contribution is -2.29. The molecule has 1 N–H and O–H groups in total. The van der Waals surface area contributed by atoms with Crippen molar-refractivity contribution in [2.45, 2.75) is 44.4 Å². The zero-order valence-corrected chi connectivity index (χ0v) is 11.5. The van der Waals surface area contributed by atoms with Crippen LogP contribution >= 0.6 is 0 Å². The highest BCUT2D eigenvalue weighted by Crippen LogP contribution is 2.38. The lowest BCUT2D eigenvalue weighted by molar-refractivity contribution is 0.0950. The van der Waals surface area contributed by atoms with Crippen LogP contribution in [0.5, 0.6) is 0 Å². The van der Waals surface area contributed by atoms with E-state index in [1.807, 2.05) is 12.1 Å². The molecule has 1 aromatic carbocycles. The molecule has 0 radical (unpaired) electrons. The van der Waals surface area contributed by atoms with Crippen LogP contribution in [0.25, 0.3) is 0 Å². The van der Waals surface area contributed by atoms with Gasteiger partial charge in [-0.25, -0.2) is 0 Å². The highest BCUT2D eigenvalue weighted by atomic mass is 16.1. The third-order valence-electron chi connectivity index (χ3n) is 4.74. The Morgan fingerprint density at radius 2 is 1.84 bits per heavy atom. The summed E-state index contributed by atoms with van der Waals surface area (Å²) in [7, 11) is 0. The van der Waals surface area contributed by atoms with E-state index in [2.05, 4.69) is 17.4 Å². The summed E-state index contributed by atoms with van der Waals surface area (Å²) in [6.07, 6.45) is 6.89. The Bertz CT molecular complexity index is 444. The minimum Gasteiger partial charge on any atom is -0.317 e. The van der Waals surface area contributed by atoms with E-state index in [1.165, 1.54) is 24.8 Å². The van der Waals surface area contributed by atoms with Crippen molar-refractivity contribution in [2.24, 2.45) is 5.92 Å². The molecule has 3 rings (SSSR count). The predicted molar refractivity (Wildman–Crippen MR) is 77.6 cm³/mol. The molecule has 19 heavy (non-hydrogen) atoms. The van der Waals surface area contributed by atoms with E-state index in [4.69, 9.17) is 0 Å². The Morgan fingerprint density at radius 1 is 1.11 bits per heavy atom. The number of Topliss-reactive ketones (excluding diaryl/α,β-unsaturated/α-hetero) is 1. The zero-order chi connectivity index (χ0) is 13.1. The van der Waals surface area contributed by atoms with Crippen molar-refractivity contribution >= 4 is 5.78 Å². The van der Waals surface area contributed by atoms with Gasteiger partial charge < -0.3 is 5.32 Å². The van der Waals surface area contributed by atoms with E-state index >= 15 is 0 Å². The van der Waals surface area contributed by atoms with Crippen LogP contribution in [-0.4, -0.2) is 18.9 Å². The monoisotopic (exact) mass is 257 g/mol. The van der Waals surface area contributed by atoms with Gasteiger partial charge in [0, 0.05) is 12.0 Å². The van der Waals surface area contributed by atoms with Crippen molar-refractivity contribution in [3.63, 3.8) is 0 Å². The van der Waals surface area contributed by atoms with Gasteiger partial charge in [-0.1, -0.05) is 30.7 Å². The average molecular weight is 257 g/mol. The molecular weight excluding hydrogens is 234 g/mol. The summed E-state index contributed by atoms with van der Waals surface area (Å²) >= 11 is 0. The molecule has 0 spiro atoms. The minimum atomic E-state index is 0.370. The maximum absolute atomic E-state index is 12.6. The first-order valence-corrected chi connectivity index (χ1v) is 7.67. The van der Waals surface area contributed by atoms with Crippen molar-refractivity contribution in [1.82, 2.24) is 5.32 Å². The van der Waals surface area contributed by atoms with Gasteiger partial charge in [-0.05, 0) is 56.2 Å². The molecular formula is C17H23NO. The molecule has 102 valence electrons. The van der Waals surface area contributed by atoms with Crippen LogP contribution < -0.4 is 5.32 Å². The number of hydrogen-bond acceptors (Lipinski definition) is 2. The van der Waals surface area contributed by atoms with Crippen LogP contribution in [0.4, 0.5) is 0 Å². The van der Waals surface area contributed by atoms with Crippen molar-refractivity contribution in [3.8, 4) is 0 Å². The number of carbonyl (C=O) groups is 1. The van der Waals surface area contributed by atoms with Crippen molar-refractivity contribution < 1.29 is 4.79 Å². The molecule has 0 unspecified atom stereocenters. The van der Waals surface area contributed by atoms with Gasteiger partial charge in [0.05, 0.1) is 0 Å². The highest BCUT2D eigenvalue weighted by Gasteiger charge is 2.25. The molecule has 1 aliphatic heterocycles. The number of benzene rings is 1. The Balaban J connectivity index is 1.71. The SMILES string of the molecule is O=C(CC1CCNCC1)c1ccccc1C1CCC1. The van der Waals surface area contributed by atoms with Gasteiger partial charge in [-0.15, -0.1) is 0 Å². The fourth-order valence-electron chi connectivity index (χ4n) is 3.28. The molecule has 2 heteroatoms. The molecule has 0 aromatic heterocycles. The molecule has 0 atom stereocenters. The molecule has 2 fully saturated rings. The number of hydrogen-bond donors (Lipinski definition) is 1. The van der Waals surface area contributed by atoms with Gasteiger partial charge in [0.15, 0.2) is 5.78 Å². The average Bonchev–Trinajstić information content (AvgIpc) is 2.38. The third kappa shape index (κ3) is 2.89. The van der Waals surface area contributed by atoms with Crippen molar-refractivity contribution in [2.75, 3.05) is 13.1 Å². The maximum Gasteiger partial charge on any atom is 0.163 e. The first-order chi connectivity index (χ1) is 9.34. The fraction of sp³-hybridized carbons (Fsp3) is 0.588. The number of rotatable bonds is 4. The standard InChI is InChI=1S/C17H23NO/c19-17(12-13-8-10-18-11-9-13)16-7-2-1-6-15(16)14-4-3-5-14/h1-2,6-7,13-14,18H,3-5,8-12H2. The lowest BCUT2D eigenvalue weighted by Gasteiger charge is -2.28. The number of ketones is 1. The second kappa shape index (κ2) is 5.87. The van der Waals surface area contributed by atoms with Crippen LogP contribution in [0.1, 0.15) is 60.4 Å². The summed E-state index contributed by atoms with van der Waals surface area (Å²) in [5, 5.41) is 3.36. The summed E-state index contributed by atoms with van der Waals surface area (Å²) in [6.45, 7) is 2.14. The Kier molecular flexibility index (Phi) is 3.97. The molecule has 1 heterocycles. The first-order valence-electron chi connectivity index (χ1n) is 7.67. The predicted octanol–water partition coefficient (Wildman–Crippen LogP) is 3.53. The van der Waals surface area contributed by atoms with Crippen LogP contribution in [0.3, 0.4) is 0 Å². The van der Waals surface area contributed by atoms with Crippen LogP contribution in [-0.2, 0) is 0 Å². The number of carbonyl (C=O) groups excluding carboxylic acids is 1. The molecule has 0 bridgehead atoms. The Hall–Kier alpha value is -1.15. The molecule has 2 aliphatic rings. The summed E-state index contributed by atoms with van der Waals surface area (Å²) in [4.78, 5) is 12.6. The Labute approximate surface area is 115 Å². The summed E-state index contributed by atoms with van der Waals surface area (Å²) < 4.78 is 0. The second-order valence-corrected chi connectivity index (χ2v) is 6.04. The van der Waals surface area contributed by atoms with Gasteiger partial charge in [-0.2, -0.15) is 0 Å². The van der Waals surface area contributed by atoms with Gasteiger partial charge in [0.2, 0.25) is 0 Å². The molecule has 0 amide bonds. The first kappa shape index (κ1) is 12.9. The van der Waals surface area contributed by atoms with Crippen LogP contribution in [0, 0.1) is 5.92 Å². The van der Waals surface area contributed by atoms with Gasteiger partial charge in [0.25, 0.3) is 0 Å². The second-order valence-electron chi connectivity index (χ2n) is 6.04. The smallest absolute Gasteiger partial charge is 0.163 e. The normalized spacial score (nSPS) is 21.1. The van der Waals surface area contributed by atoms with Gasteiger partial charge in [0.1, 0.15) is 0 Å². The van der Waals surface area contributed by atoms with Crippen LogP contribution in [0.15, 0.2) is 24.3 Å². The van der Waals surface area contributed by atoms with Gasteiger partial charge in [-0.3, -0.25) is 4.79 Å². The minimum absolute atomic E-state index is 0.370. The topological polar surface area (TPSA) is 29.1 Å². The fourth-order valence-corrected chi connectivity index (χ4v) is 3.28. The molecule has 2 nitrogen and oxygen atoms in total. The highest BCUT2D eigenvalue weighted by molar-refractivity contribution is 5.97. The van der Waals surface area contributed by atoms with Crippen LogP contribution in [0.2, 0.25) is 0 Å². The van der Waals surface area contributed by atoms with E-state index in [0.717, 1.165) is 37.9 Å². The van der Waals surface area contributed by atoms with Crippen molar-refractivity contribution in [1.29, 1.82) is 0 Å². The van der Waals surface area contributed by atoms with E-state index < -0.39 is 0 Å². The van der Waals surface area contributed by atoms with E-state index in [-0.39, 0.29) is 0 Å². The Morgan fingerprint density at radius 3 is 2.53 bits per heavy atom. The zero-order valence-electron chi connectivity index (χ0n) is 11.5. The number of nitrogens with one attached hydrogen (secondary N) is 1. The summed E-state index contributed by atoms with van der Waals surface area (Å²) in [5.74, 6) is 1.60. The maximum atomic E-state index is 12.6. The van der Waals surface area contributed by atoms with Crippen molar-refractivity contribution in [3.05, 3.63) is 35.4 Å². The lowest BCUT2D eigenvalue weighted by atomic mass is 9.77. The number of piperidine rings is 1. The van der Waals surface area contributed by atoms with E-state index in [9.17, 15) is 4.79 Å². The molecule has 1 saturated heterocycles. The quantitative estimate of drug-likeness (QED) is 0.836. The summed E-state index contributed by atoms with van der Waals surface area (Å²) in [5.41, 5.74) is 2.32.